The van der Waals surface area contributed by atoms with Crippen LogP contribution < -0.4 is 5.32 Å². The van der Waals surface area contributed by atoms with Gasteiger partial charge in [0.15, 0.2) is 0 Å². The van der Waals surface area contributed by atoms with E-state index in [-0.39, 0.29) is 12.1 Å². The number of nitrogens with one attached hydrogen (secondary N) is 1. The average Bonchev–Trinajstić information content (AvgIpc) is 2.14. The average molecular weight is 242 g/mol. The van der Waals surface area contributed by atoms with Crippen molar-refractivity contribution in [2.45, 2.75) is 52.7 Å². The van der Waals surface area contributed by atoms with Crippen molar-refractivity contribution >= 4 is 6.09 Å². The van der Waals surface area contributed by atoms with Gasteiger partial charge in [0.2, 0.25) is 0 Å². The van der Waals surface area contributed by atoms with Gasteiger partial charge in [0.25, 0.3) is 0 Å². The molecule has 1 rings (SSSR count). The highest BCUT2D eigenvalue weighted by atomic mass is 16.6. The molecule has 17 heavy (non-hydrogen) atoms. The van der Waals surface area contributed by atoms with Crippen molar-refractivity contribution in [3.63, 3.8) is 0 Å². The van der Waals surface area contributed by atoms with Crippen molar-refractivity contribution < 1.29 is 9.53 Å². The molecule has 1 saturated heterocycles. The Labute approximate surface area is 105 Å². The number of ether oxygens (including phenoxy) is 1. The number of amides is 1. The Morgan fingerprint density at radius 2 is 2.12 bits per heavy atom. The summed E-state index contributed by atoms with van der Waals surface area (Å²) in [7, 11) is 0. The number of carbonyl (C=O) groups excluding carboxylic acids is 1. The smallest absolute Gasteiger partial charge is 0.410 e. The Kier molecular flexibility index (Phi) is 4.80. The second-order valence-corrected chi connectivity index (χ2v) is 6.16. The van der Waals surface area contributed by atoms with Crippen molar-refractivity contribution in [2.24, 2.45) is 5.92 Å². The van der Waals surface area contributed by atoms with Crippen molar-refractivity contribution in [3.05, 3.63) is 0 Å². The largest absolute Gasteiger partial charge is 0.444 e. The van der Waals surface area contributed by atoms with Crippen LogP contribution in [0, 0.1) is 5.92 Å². The van der Waals surface area contributed by atoms with Crippen LogP contribution in [0.3, 0.4) is 0 Å². The molecule has 0 aromatic heterocycles. The maximum absolute atomic E-state index is 12.1. The first kappa shape index (κ1) is 14.3. The molecule has 1 heterocycles. The summed E-state index contributed by atoms with van der Waals surface area (Å²) in [5.74, 6) is 0.588. The van der Waals surface area contributed by atoms with Crippen LogP contribution in [0.15, 0.2) is 0 Å². The summed E-state index contributed by atoms with van der Waals surface area (Å²) >= 11 is 0. The summed E-state index contributed by atoms with van der Waals surface area (Å²) in [6, 6.07) is 0.263. The summed E-state index contributed by atoms with van der Waals surface area (Å²) in [6.45, 7) is 12.6. The fraction of sp³-hybridized carbons (Fsp3) is 0.923. The molecular weight excluding hydrogens is 216 g/mol. The van der Waals surface area contributed by atoms with Gasteiger partial charge in [-0.05, 0) is 33.1 Å². The summed E-state index contributed by atoms with van der Waals surface area (Å²) in [6.07, 6.45) is 0.844. The number of hydrogen-bond donors (Lipinski definition) is 1. The SMILES string of the molecule is CC(C)C[C@@H]1CNCCN1C(=O)OC(C)(C)C. The van der Waals surface area contributed by atoms with E-state index in [0.717, 1.165) is 26.1 Å². The van der Waals surface area contributed by atoms with E-state index in [2.05, 4.69) is 19.2 Å². The first-order valence-corrected chi connectivity index (χ1v) is 6.50. The topological polar surface area (TPSA) is 41.6 Å². The summed E-state index contributed by atoms with van der Waals surface area (Å²) < 4.78 is 5.45. The van der Waals surface area contributed by atoms with Gasteiger partial charge in [-0.2, -0.15) is 0 Å². The van der Waals surface area contributed by atoms with Gasteiger partial charge in [0.1, 0.15) is 5.60 Å². The first-order chi connectivity index (χ1) is 7.79. The Balaban J connectivity index is 2.61. The van der Waals surface area contributed by atoms with E-state index in [1.165, 1.54) is 0 Å². The van der Waals surface area contributed by atoms with E-state index in [9.17, 15) is 4.79 Å². The lowest BCUT2D eigenvalue weighted by Crippen LogP contribution is -2.55. The third-order valence-corrected chi connectivity index (χ3v) is 2.72. The molecule has 0 bridgehead atoms. The first-order valence-electron chi connectivity index (χ1n) is 6.50. The predicted molar refractivity (Wildman–Crippen MR) is 69.1 cm³/mol. The number of rotatable bonds is 2. The Bertz CT molecular complexity index is 259. The van der Waals surface area contributed by atoms with Crippen molar-refractivity contribution in [2.75, 3.05) is 19.6 Å². The molecular formula is C13H26N2O2. The molecule has 1 amide bonds. The van der Waals surface area contributed by atoms with Gasteiger partial charge in [-0.1, -0.05) is 13.8 Å². The second-order valence-electron chi connectivity index (χ2n) is 6.16. The maximum atomic E-state index is 12.1. The number of nitrogens with zero attached hydrogens (tertiary/aromatic N) is 1. The van der Waals surface area contributed by atoms with Crippen LogP contribution in [-0.2, 0) is 4.74 Å². The zero-order valence-electron chi connectivity index (χ0n) is 11.7. The number of piperazine rings is 1. The maximum Gasteiger partial charge on any atom is 0.410 e. The molecule has 100 valence electrons. The van der Waals surface area contributed by atoms with Gasteiger partial charge < -0.3 is 15.0 Å². The van der Waals surface area contributed by atoms with Gasteiger partial charge >= 0.3 is 6.09 Å². The molecule has 1 fully saturated rings. The molecule has 4 heteroatoms. The molecule has 1 N–H and O–H groups in total. The van der Waals surface area contributed by atoms with Crippen LogP contribution in [-0.4, -0.2) is 42.3 Å². The summed E-state index contributed by atoms with van der Waals surface area (Å²) in [5, 5.41) is 3.34. The minimum Gasteiger partial charge on any atom is -0.444 e. The summed E-state index contributed by atoms with van der Waals surface area (Å²) in [4.78, 5) is 14.0. The second kappa shape index (κ2) is 5.71. The lowest BCUT2D eigenvalue weighted by atomic mass is 10.0. The minimum atomic E-state index is -0.412. The predicted octanol–water partition coefficient (Wildman–Crippen LogP) is 2.24. The monoisotopic (exact) mass is 242 g/mol. The van der Waals surface area contributed by atoms with Crippen molar-refractivity contribution in [1.82, 2.24) is 10.2 Å². The number of hydrogen-bond acceptors (Lipinski definition) is 3. The third-order valence-electron chi connectivity index (χ3n) is 2.72. The third kappa shape index (κ3) is 4.94. The van der Waals surface area contributed by atoms with Crippen LogP contribution in [0.5, 0.6) is 0 Å². The van der Waals surface area contributed by atoms with Crippen LogP contribution >= 0.6 is 0 Å². The molecule has 0 aromatic rings. The zero-order valence-corrected chi connectivity index (χ0v) is 11.7. The van der Waals surface area contributed by atoms with E-state index >= 15 is 0 Å². The molecule has 0 radical (unpaired) electrons. The fourth-order valence-electron chi connectivity index (χ4n) is 2.08. The molecule has 0 saturated carbocycles. The highest BCUT2D eigenvalue weighted by Crippen LogP contribution is 2.17. The molecule has 1 aliphatic heterocycles. The summed E-state index contributed by atoms with van der Waals surface area (Å²) in [5.41, 5.74) is -0.412. The molecule has 0 spiro atoms. The van der Waals surface area contributed by atoms with E-state index in [0.29, 0.717) is 5.92 Å². The standard InChI is InChI=1S/C13H26N2O2/c1-10(2)8-11-9-14-6-7-15(11)12(16)17-13(3,4)5/h10-11,14H,6-9H2,1-5H3/t11-/m1/s1. The molecule has 1 atom stereocenters. The zero-order chi connectivity index (χ0) is 13.1. The van der Waals surface area contributed by atoms with Crippen LogP contribution in [0.2, 0.25) is 0 Å². The van der Waals surface area contributed by atoms with Crippen LogP contribution in [0.25, 0.3) is 0 Å². The van der Waals surface area contributed by atoms with Gasteiger partial charge in [0.05, 0.1) is 0 Å². The number of carbonyl (C=O) groups is 1. The van der Waals surface area contributed by atoms with Gasteiger partial charge in [-0.3, -0.25) is 0 Å². The Hall–Kier alpha value is -0.770. The minimum absolute atomic E-state index is 0.176. The van der Waals surface area contributed by atoms with Gasteiger partial charge in [-0.15, -0.1) is 0 Å². The van der Waals surface area contributed by atoms with E-state index < -0.39 is 5.60 Å². The Morgan fingerprint density at radius 3 is 2.65 bits per heavy atom. The molecule has 1 aliphatic rings. The van der Waals surface area contributed by atoms with Crippen LogP contribution in [0.4, 0.5) is 4.79 Å². The van der Waals surface area contributed by atoms with Crippen LogP contribution in [0.1, 0.15) is 41.0 Å². The van der Waals surface area contributed by atoms with E-state index in [1.54, 1.807) is 0 Å². The quantitative estimate of drug-likeness (QED) is 0.807. The highest BCUT2D eigenvalue weighted by Gasteiger charge is 2.30. The molecule has 0 aliphatic carbocycles. The normalized spacial score (nSPS) is 21.8. The fourth-order valence-corrected chi connectivity index (χ4v) is 2.08. The lowest BCUT2D eigenvalue weighted by molar-refractivity contribution is 0.00989. The molecule has 0 unspecified atom stereocenters. The Morgan fingerprint density at radius 1 is 1.47 bits per heavy atom. The molecule has 4 nitrogen and oxygen atoms in total. The molecule has 0 aromatic carbocycles. The lowest BCUT2D eigenvalue weighted by Gasteiger charge is -2.37. The van der Waals surface area contributed by atoms with E-state index in [4.69, 9.17) is 4.74 Å². The van der Waals surface area contributed by atoms with Crippen molar-refractivity contribution in [1.29, 1.82) is 0 Å². The van der Waals surface area contributed by atoms with Crippen molar-refractivity contribution in [3.8, 4) is 0 Å². The van der Waals surface area contributed by atoms with E-state index in [1.807, 2.05) is 25.7 Å². The highest BCUT2D eigenvalue weighted by molar-refractivity contribution is 5.68. The van der Waals surface area contributed by atoms with Gasteiger partial charge in [-0.25, -0.2) is 4.79 Å². The van der Waals surface area contributed by atoms with Gasteiger partial charge in [0, 0.05) is 25.7 Å².